The van der Waals surface area contributed by atoms with Gasteiger partial charge in [0.25, 0.3) is 0 Å². The van der Waals surface area contributed by atoms with Gasteiger partial charge in [0.15, 0.2) is 5.69 Å². The summed E-state index contributed by atoms with van der Waals surface area (Å²) in [6, 6.07) is 24.4. The maximum atomic E-state index is 8.77. The summed E-state index contributed by atoms with van der Waals surface area (Å²) in [5, 5.41) is 2.16. The first-order chi connectivity index (χ1) is 14.2. The molecule has 0 aliphatic rings. The van der Waals surface area contributed by atoms with E-state index in [1.54, 1.807) is 0 Å². The molecule has 3 aromatic carbocycles. The van der Waals surface area contributed by atoms with Gasteiger partial charge >= 0.3 is 0 Å². The number of aryl methyl sites for hydroxylation is 1. The third kappa shape index (κ3) is 3.58. The quantitative estimate of drug-likeness (QED) is 0.332. The molecule has 146 valence electrons. The number of fused-ring (bicyclic) bond motifs is 1. The second kappa shape index (κ2) is 7.15. The van der Waals surface area contributed by atoms with Gasteiger partial charge in [0.1, 0.15) is 7.05 Å². The van der Waals surface area contributed by atoms with E-state index >= 15 is 0 Å². The molecular formula is C28H30N+. The van der Waals surface area contributed by atoms with Crippen LogP contribution in [0.15, 0.2) is 72.8 Å². The average Bonchev–Trinajstić information content (AvgIpc) is 2.73. The minimum absolute atomic E-state index is 0.0555. The van der Waals surface area contributed by atoms with Crippen molar-refractivity contribution in [1.29, 1.82) is 0 Å². The van der Waals surface area contributed by atoms with Crippen LogP contribution in [0.4, 0.5) is 0 Å². The highest BCUT2D eigenvalue weighted by Gasteiger charge is 2.22. The number of aromatic nitrogens is 1. The van der Waals surface area contributed by atoms with Gasteiger partial charge in [0, 0.05) is 18.5 Å². The monoisotopic (exact) mass is 381 g/mol. The molecule has 29 heavy (non-hydrogen) atoms. The maximum absolute atomic E-state index is 8.77. The zero-order chi connectivity index (χ0) is 21.6. The van der Waals surface area contributed by atoms with Crippen molar-refractivity contribution in [2.24, 2.45) is 7.05 Å². The molecule has 0 amide bonds. The number of nitrogens with zero attached hydrogens (tertiary/aromatic N) is 1. The highest BCUT2D eigenvalue weighted by molar-refractivity contribution is 5.94. The van der Waals surface area contributed by atoms with Gasteiger partial charge in [-0.05, 0) is 52.1 Å². The van der Waals surface area contributed by atoms with E-state index in [1.165, 1.54) is 33.5 Å². The summed E-state index contributed by atoms with van der Waals surface area (Å²) in [6.45, 7) is 10.9. The minimum Gasteiger partial charge on any atom is -0.198 e. The van der Waals surface area contributed by atoms with Gasteiger partial charge in [-0.15, -0.1) is 0 Å². The lowest BCUT2D eigenvalue weighted by atomic mass is 9.85. The SMILES string of the molecule is [2H]c1c(C)[n+](C)c(-c2ccc(-c3ccccc3)cc2C)c2ccc(C(C)(C)C)cc12. The smallest absolute Gasteiger partial charge is 0.198 e. The molecular weight excluding hydrogens is 350 g/mol. The summed E-state index contributed by atoms with van der Waals surface area (Å²) in [4.78, 5) is 0. The van der Waals surface area contributed by atoms with Gasteiger partial charge in [-0.1, -0.05) is 75.4 Å². The van der Waals surface area contributed by atoms with Crippen LogP contribution in [0.2, 0.25) is 0 Å². The number of pyridine rings is 1. The summed E-state index contributed by atoms with van der Waals surface area (Å²) in [7, 11) is 2.07. The van der Waals surface area contributed by atoms with Crippen molar-refractivity contribution in [3.05, 3.63) is 89.6 Å². The maximum Gasteiger partial charge on any atom is 0.220 e. The molecule has 0 fully saturated rings. The molecule has 1 nitrogen and oxygen atoms in total. The standard InChI is InChI=1S/C28H30N/c1-19-16-22(21-10-8-7-9-11-21)12-14-25(19)27-26-15-13-24(28(3,4)5)18-23(26)17-20(2)29(27)6/h7-18H,1-6H3/q+1/i17D. The topological polar surface area (TPSA) is 3.88 Å². The van der Waals surface area contributed by atoms with E-state index < -0.39 is 0 Å². The molecule has 1 heterocycles. The number of benzene rings is 3. The van der Waals surface area contributed by atoms with Gasteiger partial charge in [0.2, 0.25) is 5.69 Å². The lowest BCUT2D eigenvalue weighted by molar-refractivity contribution is -0.665. The second-order valence-corrected chi connectivity index (χ2v) is 9.02. The molecule has 0 spiro atoms. The van der Waals surface area contributed by atoms with E-state index in [4.69, 9.17) is 1.37 Å². The number of rotatable bonds is 2. The van der Waals surface area contributed by atoms with E-state index in [9.17, 15) is 0 Å². The van der Waals surface area contributed by atoms with Gasteiger partial charge < -0.3 is 0 Å². The first-order valence-electron chi connectivity index (χ1n) is 10.8. The molecule has 0 N–H and O–H groups in total. The highest BCUT2D eigenvalue weighted by Crippen LogP contribution is 2.33. The molecule has 0 saturated carbocycles. The average molecular weight is 382 g/mol. The van der Waals surface area contributed by atoms with E-state index in [0.717, 1.165) is 16.5 Å². The van der Waals surface area contributed by atoms with Crippen LogP contribution in [-0.2, 0) is 12.5 Å². The van der Waals surface area contributed by atoms with Crippen molar-refractivity contribution in [1.82, 2.24) is 0 Å². The molecule has 0 aliphatic carbocycles. The van der Waals surface area contributed by atoms with Gasteiger partial charge in [-0.25, -0.2) is 0 Å². The van der Waals surface area contributed by atoms with Crippen molar-refractivity contribution in [3.8, 4) is 22.4 Å². The molecule has 4 aromatic rings. The zero-order valence-electron chi connectivity index (χ0n) is 19.3. The predicted molar refractivity (Wildman–Crippen MR) is 124 cm³/mol. The van der Waals surface area contributed by atoms with Crippen LogP contribution in [0.1, 0.15) is 39.0 Å². The molecule has 0 saturated heterocycles. The Morgan fingerprint density at radius 1 is 0.828 bits per heavy atom. The largest absolute Gasteiger partial charge is 0.220 e. The van der Waals surface area contributed by atoms with Crippen LogP contribution in [0.3, 0.4) is 0 Å². The molecule has 0 aliphatic heterocycles. The lowest BCUT2D eigenvalue weighted by Crippen LogP contribution is -2.35. The first-order valence-corrected chi connectivity index (χ1v) is 10.3. The first kappa shape index (κ1) is 18.1. The van der Waals surface area contributed by atoms with E-state index in [-0.39, 0.29) is 5.41 Å². The summed E-state index contributed by atoms with van der Waals surface area (Å²) in [6.07, 6.45) is 0. The van der Waals surface area contributed by atoms with Crippen molar-refractivity contribution in [3.63, 3.8) is 0 Å². The van der Waals surface area contributed by atoms with Crippen LogP contribution < -0.4 is 4.57 Å². The minimum atomic E-state index is 0.0555. The summed E-state index contributed by atoms with van der Waals surface area (Å²) in [5.74, 6) is 0. The van der Waals surface area contributed by atoms with Gasteiger partial charge in [-0.2, -0.15) is 4.57 Å². The van der Waals surface area contributed by atoms with Crippen molar-refractivity contribution in [2.75, 3.05) is 0 Å². The van der Waals surface area contributed by atoms with Crippen LogP contribution in [0.5, 0.6) is 0 Å². The predicted octanol–water partition coefficient (Wildman–Crippen LogP) is 6.91. The Hall–Kier alpha value is -2.93. The number of hydrogen-bond donors (Lipinski definition) is 0. The zero-order valence-corrected chi connectivity index (χ0v) is 18.3. The summed E-state index contributed by atoms with van der Waals surface area (Å²) < 4.78 is 10.9. The third-order valence-electron chi connectivity index (χ3n) is 5.88. The van der Waals surface area contributed by atoms with Gasteiger partial charge in [0.05, 0.1) is 6.76 Å². The van der Waals surface area contributed by atoms with E-state index in [2.05, 4.69) is 100.0 Å². The molecule has 0 unspecified atom stereocenters. The fraction of sp³-hybridized carbons (Fsp3) is 0.250. The lowest BCUT2D eigenvalue weighted by Gasteiger charge is -2.20. The Morgan fingerprint density at radius 3 is 2.21 bits per heavy atom. The number of hydrogen-bond acceptors (Lipinski definition) is 0. The molecule has 0 atom stereocenters. The van der Waals surface area contributed by atoms with Crippen LogP contribution in [0, 0.1) is 13.8 Å². The third-order valence-corrected chi connectivity index (χ3v) is 5.88. The molecule has 0 radical (unpaired) electrons. The van der Waals surface area contributed by atoms with Crippen LogP contribution in [-0.4, -0.2) is 0 Å². The van der Waals surface area contributed by atoms with Crippen molar-refractivity contribution < 1.29 is 5.94 Å². The normalized spacial score (nSPS) is 12.3. The Morgan fingerprint density at radius 2 is 1.55 bits per heavy atom. The van der Waals surface area contributed by atoms with E-state index in [1.807, 2.05) is 13.0 Å². The van der Waals surface area contributed by atoms with E-state index in [0.29, 0.717) is 6.04 Å². The molecule has 0 bridgehead atoms. The van der Waals surface area contributed by atoms with Crippen LogP contribution in [0.25, 0.3) is 33.2 Å². The Bertz CT molecular complexity index is 1250. The summed E-state index contributed by atoms with van der Waals surface area (Å²) >= 11 is 0. The highest BCUT2D eigenvalue weighted by atomic mass is 14.9. The Labute approximate surface area is 176 Å². The molecule has 1 aromatic heterocycles. The van der Waals surface area contributed by atoms with Gasteiger partial charge in [-0.3, -0.25) is 0 Å². The van der Waals surface area contributed by atoms with Crippen molar-refractivity contribution >= 4 is 10.8 Å². The summed E-state index contributed by atoms with van der Waals surface area (Å²) in [5.41, 5.74) is 8.39. The fourth-order valence-electron chi connectivity index (χ4n) is 4.01. The Kier molecular flexibility index (Phi) is 4.47. The van der Waals surface area contributed by atoms with Crippen molar-refractivity contribution in [2.45, 2.75) is 40.0 Å². The fourth-order valence-corrected chi connectivity index (χ4v) is 4.01. The molecule has 1 heteroatoms. The molecule has 4 rings (SSSR count). The van der Waals surface area contributed by atoms with Crippen LogP contribution >= 0.6 is 0 Å². The Balaban J connectivity index is 1.97. The second-order valence-electron chi connectivity index (χ2n) is 9.02.